The van der Waals surface area contributed by atoms with Crippen LogP contribution in [0.25, 0.3) is 0 Å². The molecule has 9 heteroatoms. The monoisotopic (exact) mass is 294 g/mol. The summed E-state index contributed by atoms with van der Waals surface area (Å²) >= 11 is 1.48. The van der Waals surface area contributed by atoms with Crippen LogP contribution in [0.1, 0.15) is 31.5 Å². The maximum Gasteiger partial charge on any atom is 0.307 e. The number of rotatable bonds is 6. The molecule has 2 aromatic heterocycles. The second kappa shape index (κ2) is 5.23. The molecular formula is C11H14N6O2S. The number of thioether (sulfide) groups is 1. The lowest BCUT2D eigenvalue weighted by Crippen LogP contribution is -2.03. The van der Waals surface area contributed by atoms with Gasteiger partial charge in [0.15, 0.2) is 5.16 Å². The Morgan fingerprint density at radius 2 is 2.30 bits per heavy atom. The van der Waals surface area contributed by atoms with Crippen LogP contribution >= 0.6 is 11.8 Å². The summed E-state index contributed by atoms with van der Waals surface area (Å²) in [6.45, 7) is 2.90. The number of nitro groups is 1. The molecule has 0 amide bonds. The fourth-order valence-electron chi connectivity index (χ4n) is 1.99. The summed E-state index contributed by atoms with van der Waals surface area (Å²) in [5, 5.41) is 23.8. The summed E-state index contributed by atoms with van der Waals surface area (Å²) in [7, 11) is 0. The number of hydrogen-bond donors (Lipinski definition) is 0. The SMILES string of the molecule is CCn1c(SCn2cc([N+](=O)[O-])cn2)nnc1C1CC1. The van der Waals surface area contributed by atoms with Gasteiger partial charge < -0.3 is 4.57 Å². The Hall–Kier alpha value is -1.90. The van der Waals surface area contributed by atoms with Crippen molar-refractivity contribution in [1.82, 2.24) is 24.5 Å². The third kappa shape index (κ3) is 2.53. The van der Waals surface area contributed by atoms with E-state index in [9.17, 15) is 10.1 Å². The molecule has 0 aromatic carbocycles. The predicted octanol–water partition coefficient (Wildman–Crippen LogP) is 2.03. The van der Waals surface area contributed by atoms with Crippen LogP contribution in [0.3, 0.4) is 0 Å². The molecule has 1 aliphatic rings. The van der Waals surface area contributed by atoms with Crippen molar-refractivity contribution < 1.29 is 4.92 Å². The summed E-state index contributed by atoms with van der Waals surface area (Å²) in [6.07, 6.45) is 5.05. The Morgan fingerprint density at radius 1 is 1.50 bits per heavy atom. The van der Waals surface area contributed by atoms with E-state index >= 15 is 0 Å². The van der Waals surface area contributed by atoms with Crippen molar-refractivity contribution in [1.29, 1.82) is 0 Å². The minimum Gasteiger partial charge on any atom is -0.306 e. The molecule has 2 heterocycles. The molecule has 0 atom stereocenters. The van der Waals surface area contributed by atoms with Gasteiger partial charge in [0.25, 0.3) is 0 Å². The van der Waals surface area contributed by atoms with Crippen LogP contribution < -0.4 is 0 Å². The Bertz CT molecular complexity index is 633. The maximum absolute atomic E-state index is 10.6. The van der Waals surface area contributed by atoms with Crippen LogP contribution in [-0.4, -0.2) is 29.5 Å². The van der Waals surface area contributed by atoms with Crippen LogP contribution in [0.15, 0.2) is 17.6 Å². The number of aromatic nitrogens is 5. The zero-order valence-corrected chi connectivity index (χ0v) is 11.8. The summed E-state index contributed by atoms with van der Waals surface area (Å²) < 4.78 is 3.65. The van der Waals surface area contributed by atoms with Crippen molar-refractivity contribution in [2.75, 3.05) is 0 Å². The highest BCUT2D eigenvalue weighted by Crippen LogP contribution is 2.40. The first kappa shape index (κ1) is 13.1. The van der Waals surface area contributed by atoms with E-state index in [1.807, 2.05) is 0 Å². The Morgan fingerprint density at radius 3 is 2.90 bits per heavy atom. The van der Waals surface area contributed by atoms with Gasteiger partial charge in [-0.2, -0.15) is 5.10 Å². The fourth-order valence-corrected chi connectivity index (χ4v) is 2.85. The van der Waals surface area contributed by atoms with E-state index in [2.05, 4.69) is 26.8 Å². The number of hydrogen-bond acceptors (Lipinski definition) is 6. The third-order valence-electron chi connectivity index (χ3n) is 3.16. The van der Waals surface area contributed by atoms with Gasteiger partial charge in [0, 0.05) is 12.5 Å². The van der Waals surface area contributed by atoms with Gasteiger partial charge in [-0.15, -0.1) is 10.2 Å². The van der Waals surface area contributed by atoms with E-state index in [-0.39, 0.29) is 5.69 Å². The smallest absolute Gasteiger partial charge is 0.306 e. The highest BCUT2D eigenvalue weighted by molar-refractivity contribution is 7.98. The lowest BCUT2D eigenvalue weighted by molar-refractivity contribution is -0.385. The van der Waals surface area contributed by atoms with E-state index in [0.29, 0.717) is 11.8 Å². The zero-order valence-electron chi connectivity index (χ0n) is 11.0. The third-order valence-corrected chi connectivity index (χ3v) is 4.11. The Kier molecular flexibility index (Phi) is 3.43. The van der Waals surface area contributed by atoms with Crippen molar-refractivity contribution in [2.24, 2.45) is 0 Å². The first-order chi connectivity index (χ1) is 9.69. The molecule has 1 saturated carbocycles. The average Bonchev–Trinajstić information content (AvgIpc) is 3.03. The topological polar surface area (TPSA) is 91.7 Å². The lowest BCUT2D eigenvalue weighted by atomic mass is 10.4. The molecule has 1 fully saturated rings. The van der Waals surface area contributed by atoms with Crippen molar-refractivity contribution in [3.8, 4) is 0 Å². The van der Waals surface area contributed by atoms with Gasteiger partial charge in [-0.05, 0) is 19.8 Å². The van der Waals surface area contributed by atoms with Gasteiger partial charge in [0.05, 0.1) is 10.8 Å². The summed E-state index contributed by atoms with van der Waals surface area (Å²) in [4.78, 5) is 10.1. The van der Waals surface area contributed by atoms with Crippen LogP contribution in [-0.2, 0) is 12.4 Å². The molecule has 0 bridgehead atoms. The standard InChI is InChI=1S/C11H14N6O2S/c1-2-16-10(8-3-4-8)13-14-11(16)20-7-15-6-9(5-12-15)17(18)19/h5-6,8H,2-4,7H2,1H3. The van der Waals surface area contributed by atoms with Crippen molar-refractivity contribution in [3.05, 3.63) is 28.3 Å². The Labute approximate surface area is 119 Å². The molecule has 0 saturated heterocycles. The largest absolute Gasteiger partial charge is 0.307 e. The molecule has 0 N–H and O–H groups in total. The molecule has 1 aliphatic carbocycles. The zero-order chi connectivity index (χ0) is 14.1. The second-order valence-corrected chi connectivity index (χ2v) is 5.54. The maximum atomic E-state index is 10.6. The minimum atomic E-state index is -0.450. The highest BCUT2D eigenvalue weighted by Gasteiger charge is 2.29. The number of nitrogens with zero attached hydrogens (tertiary/aromatic N) is 6. The van der Waals surface area contributed by atoms with Crippen LogP contribution in [0.5, 0.6) is 0 Å². The first-order valence-electron chi connectivity index (χ1n) is 6.41. The molecule has 0 unspecified atom stereocenters. The van der Waals surface area contributed by atoms with E-state index in [0.717, 1.165) is 17.5 Å². The van der Waals surface area contributed by atoms with E-state index < -0.39 is 4.92 Å². The quantitative estimate of drug-likeness (QED) is 0.460. The molecule has 0 aliphatic heterocycles. The highest BCUT2D eigenvalue weighted by atomic mass is 32.2. The molecule has 106 valence electrons. The molecule has 20 heavy (non-hydrogen) atoms. The van der Waals surface area contributed by atoms with Crippen molar-refractivity contribution >= 4 is 17.4 Å². The molecule has 3 rings (SSSR count). The Balaban J connectivity index is 1.69. The molecular weight excluding hydrogens is 280 g/mol. The van der Waals surface area contributed by atoms with Gasteiger partial charge in [-0.25, -0.2) is 0 Å². The van der Waals surface area contributed by atoms with Crippen molar-refractivity contribution in [3.63, 3.8) is 0 Å². The van der Waals surface area contributed by atoms with Crippen LogP contribution in [0.2, 0.25) is 0 Å². The van der Waals surface area contributed by atoms with E-state index in [1.165, 1.54) is 41.7 Å². The molecule has 8 nitrogen and oxygen atoms in total. The fraction of sp³-hybridized carbons (Fsp3) is 0.545. The molecule has 2 aromatic rings. The lowest BCUT2D eigenvalue weighted by Gasteiger charge is -2.06. The van der Waals surface area contributed by atoms with Gasteiger partial charge >= 0.3 is 5.69 Å². The minimum absolute atomic E-state index is 0.00114. The average molecular weight is 294 g/mol. The summed E-state index contributed by atoms with van der Waals surface area (Å²) in [5.41, 5.74) is 0.00114. The summed E-state index contributed by atoms with van der Waals surface area (Å²) in [6, 6.07) is 0. The van der Waals surface area contributed by atoms with E-state index in [1.54, 1.807) is 0 Å². The molecule has 0 radical (unpaired) electrons. The van der Waals surface area contributed by atoms with Crippen molar-refractivity contribution in [2.45, 2.75) is 43.3 Å². The van der Waals surface area contributed by atoms with Crippen LogP contribution in [0, 0.1) is 10.1 Å². The first-order valence-corrected chi connectivity index (χ1v) is 7.40. The molecule has 0 spiro atoms. The van der Waals surface area contributed by atoms with Gasteiger partial charge in [0.2, 0.25) is 0 Å². The normalized spacial score (nSPS) is 14.7. The summed E-state index contributed by atoms with van der Waals surface area (Å²) in [5.74, 6) is 2.10. The predicted molar refractivity (Wildman–Crippen MR) is 72.4 cm³/mol. The van der Waals surface area contributed by atoms with Crippen LogP contribution in [0.4, 0.5) is 5.69 Å². The van der Waals surface area contributed by atoms with E-state index in [4.69, 9.17) is 0 Å². The second-order valence-electron chi connectivity index (χ2n) is 4.63. The van der Waals surface area contributed by atoms with Gasteiger partial charge in [-0.3, -0.25) is 14.8 Å². The van der Waals surface area contributed by atoms with Gasteiger partial charge in [-0.1, -0.05) is 11.8 Å². The van der Waals surface area contributed by atoms with Gasteiger partial charge in [0.1, 0.15) is 18.2 Å².